The zero-order valence-electron chi connectivity index (χ0n) is 15.3. The van der Waals surface area contributed by atoms with Gasteiger partial charge in [-0.3, -0.25) is 9.89 Å². The van der Waals surface area contributed by atoms with Crippen LogP contribution in [-0.4, -0.2) is 61.8 Å². The lowest BCUT2D eigenvalue weighted by Gasteiger charge is -2.11. The Morgan fingerprint density at radius 3 is 3.00 bits per heavy atom. The van der Waals surface area contributed by atoms with Gasteiger partial charge in [-0.15, -0.1) is 11.3 Å². The summed E-state index contributed by atoms with van der Waals surface area (Å²) in [6.07, 6.45) is 10.1. The van der Waals surface area contributed by atoms with Crippen molar-refractivity contribution in [2.24, 2.45) is 0 Å². The van der Waals surface area contributed by atoms with Crippen LogP contribution in [0.4, 0.5) is 0 Å². The van der Waals surface area contributed by atoms with E-state index in [1.54, 1.807) is 16.9 Å². The zero-order chi connectivity index (χ0) is 19.1. The van der Waals surface area contributed by atoms with E-state index < -0.39 is 0 Å². The third-order valence-corrected chi connectivity index (χ3v) is 5.98. The lowest BCUT2D eigenvalue weighted by Crippen LogP contribution is -2.36. The predicted molar refractivity (Wildman–Crippen MR) is 107 cm³/mol. The van der Waals surface area contributed by atoms with Crippen molar-refractivity contribution in [2.75, 3.05) is 20.1 Å². The molecule has 5 rings (SSSR count). The normalized spacial score (nSPS) is 17.4. The molecule has 1 aliphatic rings. The summed E-state index contributed by atoms with van der Waals surface area (Å²) >= 11 is 1.45. The number of aromatic nitrogens is 5. The van der Waals surface area contributed by atoms with E-state index in [0.717, 1.165) is 47.4 Å². The van der Waals surface area contributed by atoms with Crippen molar-refractivity contribution in [2.45, 2.75) is 12.5 Å². The van der Waals surface area contributed by atoms with Crippen LogP contribution in [0.25, 0.3) is 27.9 Å². The van der Waals surface area contributed by atoms with Crippen LogP contribution in [0.15, 0.2) is 42.4 Å². The van der Waals surface area contributed by atoms with Crippen molar-refractivity contribution in [3.8, 4) is 22.3 Å². The second-order valence-corrected chi connectivity index (χ2v) is 7.99. The van der Waals surface area contributed by atoms with Gasteiger partial charge in [0.25, 0.3) is 5.91 Å². The maximum absolute atomic E-state index is 12.6. The van der Waals surface area contributed by atoms with Crippen molar-refractivity contribution < 1.29 is 4.79 Å². The number of likely N-dealkylation sites (tertiary alicyclic amines) is 1. The maximum atomic E-state index is 12.6. The number of carbonyl (C=O) groups excluding carboxylic acids is 1. The Hall–Kier alpha value is -3.04. The second-order valence-electron chi connectivity index (χ2n) is 7.08. The minimum absolute atomic E-state index is 0.0109. The SMILES string of the molecule is CN1CC[C@H](NC(=O)c2cc(-c3cnn4cc(-c5cn[nH]c5)cnc34)cs2)C1. The Morgan fingerprint density at radius 2 is 2.21 bits per heavy atom. The van der Waals surface area contributed by atoms with E-state index in [0.29, 0.717) is 4.88 Å². The summed E-state index contributed by atoms with van der Waals surface area (Å²) in [5.74, 6) is -0.0109. The predicted octanol–water partition coefficient (Wildman–Crippen LogP) is 2.28. The number of H-pyrrole nitrogens is 1. The van der Waals surface area contributed by atoms with Crippen molar-refractivity contribution in [3.63, 3.8) is 0 Å². The number of nitrogens with one attached hydrogen (secondary N) is 2. The topological polar surface area (TPSA) is 91.2 Å². The zero-order valence-corrected chi connectivity index (χ0v) is 16.1. The molecule has 9 heteroatoms. The number of hydrogen-bond donors (Lipinski definition) is 2. The minimum Gasteiger partial charge on any atom is -0.347 e. The Labute approximate surface area is 165 Å². The molecule has 142 valence electrons. The van der Waals surface area contributed by atoms with E-state index in [9.17, 15) is 4.79 Å². The minimum atomic E-state index is -0.0109. The van der Waals surface area contributed by atoms with Crippen LogP contribution in [0.2, 0.25) is 0 Å². The largest absolute Gasteiger partial charge is 0.347 e. The van der Waals surface area contributed by atoms with Gasteiger partial charge in [0.15, 0.2) is 5.65 Å². The van der Waals surface area contributed by atoms with E-state index in [1.165, 1.54) is 11.3 Å². The van der Waals surface area contributed by atoms with Crippen LogP contribution in [0.3, 0.4) is 0 Å². The molecule has 1 fully saturated rings. The van der Waals surface area contributed by atoms with Gasteiger partial charge < -0.3 is 10.2 Å². The van der Waals surface area contributed by atoms with Crippen LogP contribution in [-0.2, 0) is 0 Å². The summed E-state index contributed by atoms with van der Waals surface area (Å²) in [5.41, 5.74) is 4.52. The lowest BCUT2D eigenvalue weighted by molar-refractivity contribution is 0.0942. The lowest BCUT2D eigenvalue weighted by atomic mass is 10.1. The molecule has 0 saturated carbocycles. The molecule has 1 atom stereocenters. The first-order valence-electron chi connectivity index (χ1n) is 9.08. The first kappa shape index (κ1) is 17.1. The van der Waals surface area contributed by atoms with Gasteiger partial charge in [-0.2, -0.15) is 10.2 Å². The van der Waals surface area contributed by atoms with Crippen molar-refractivity contribution >= 4 is 22.9 Å². The Morgan fingerprint density at radius 1 is 1.29 bits per heavy atom. The fourth-order valence-corrected chi connectivity index (χ4v) is 4.35. The standard InChI is InChI=1S/C19H19N7OS/c1-25-3-2-15(10-25)24-19(27)17-4-12(11-28-17)16-8-23-26-9-14(5-20-18(16)26)13-6-21-22-7-13/h4-9,11,15H,2-3,10H2,1H3,(H,21,22)(H,24,27)/t15-/m0/s1. The van der Waals surface area contributed by atoms with Gasteiger partial charge in [0.1, 0.15) is 0 Å². The Kier molecular flexibility index (Phi) is 4.18. The summed E-state index contributed by atoms with van der Waals surface area (Å²) in [5, 5.41) is 16.3. The van der Waals surface area contributed by atoms with Crippen LogP contribution in [0, 0.1) is 0 Å². The molecule has 4 aromatic rings. The number of likely N-dealkylation sites (N-methyl/N-ethyl adjacent to an activating group) is 1. The summed E-state index contributed by atoms with van der Waals surface area (Å²) in [6.45, 7) is 1.93. The molecule has 0 aliphatic carbocycles. The molecule has 1 amide bonds. The highest BCUT2D eigenvalue weighted by Gasteiger charge is 2.22. The van der Waals surface area contributed by atoms with Crippen LogP contribution in [0.1, 0.15) is 16.1 Å². The van der Waals surface area contributed by atoms with Gasteiger partial charge in [0.2, 0.25) is 0 Å². The number of fused-ring (bicyclic) bond motifs is 1. The summed E-state index contributed by atoms with van der Waals surface area (Å²) in [7, 11) is 2.07. The van der Waals surface area contributed by atoms with Gasteiger partial charge in [-0.25, -0.2) is 9.50 Å². The number of carbonyl (C=O) groups is 1. The molecule has 0 aromatic carbocycles. The fourth-order valence-electron chi connectivity index (χ4n) is 3.54. The maximum Gasteiger partial charge on any atom is 0.261 e. The van der Waals surface area contributed by atoms with Crippen molar-refractivity contribution in [1.29, 1.82) is 0 Å². The Balaban J connectivity index is 1.39. The fraction of sp³-hybridized carbons (Fsp3) is 0.263. The molecular formula is C19H19N7OS. The highest BCUT2D eigenvalue weighted by molar-refractivity contribution is 7.12. The molecule has 28 heavy (non-hydrogen) atoms. The molecule has 1 aliphatic heterocycles. The van der Waals surface area contributed by atoms with Gasteiger partial charge >= 0.3 is 0 Å². The molecule has 0 spiro atoms. The molecule has 0 unspecified atom stereocenters. The van der Waals surface area contributed by atoms with Gasteiger partial charge in [-0.05, 0) is 37.0 Å². The number of aromatic amines is 1. The van der Waals surface area contributed by atoms with Gasteiger partial charge in [0, 0.05) is 47.9 Å². The Bertz CT molecular complexity index is 1130. The van der Waals surface area contributed by atoms with Crippen molar-refractivity contribution in [1.82, 2.24) is 35.0 Å². The number of rotatable bonds is 4. The number of hydrogen-bond acceptors (Lipinski definition) is 6. The summed E-state index contributed by atoms with van der Waals surface area (Å²) in [6, 6.07) is 2.14. The van der Waals surface area contributed by atoms with Crippen LogP contribution in [0.5, 0.6) is 0 Å². The van der Waals surface area contributed by atoms with E-state index in [4.69, 9.17) is 0 Å². The highest BCUT2D eigenvalue weighted by atomic mass is 32.1. The quantitative estimate of drug-likeness (QED) is 0.555. The molecule has 1 saturated heterocycles. The molecule has 4 aromatic heterocycles. The highest BCUT2D eigenvalue weighted by Crippen LogP contribution is 2.29. The average molecular weight is 393 g/mol. The monoisotopic (exact) mass is 393 g/mol. The van der Waals surface area contributed by atoms with Gasteiger partial charge in [-0.1, -0.05) is 0 Å². The van der Waals surface area contributed by atoms with E-state index in [-0.39, 0.29) is 11.9 Å². The van der Waals surface area contributed by atoms with E-state index >= 15 is 0 Å². The average Bonchev–Trinajstić information content (AvgIpc) is 3.47. The third kappa shape index (κ3) is 3.08. The van der Waals surface area contributed by atoms with Crippen LogP contribution >= 0.6 is 11.3 Å². The molecule has 5 heterocycles. The smallest absolute Gasteiger partial charge is 0.261 e. The third-order valence-electron chi connectivity index (χ3n) is 5.05. The number of amides is 1. The van der Waals surface area contributed by atoms with Crippen molar-refractivity contribution in [3.05, 3.63) is 47.3 Å². The van der Waals surface area contributed by atoms with Crippen LogP contribution < -0.4 is 5.32 Å². The first-order chi connectivity index (χ1) is 13.7. The summed E-state index contributed by atoms with van der Waals surface area (Å²) < 4.78 is 1.75. The first-order valence-corrected chi connectivity index (χ1v) is 9.96. The number of thiophene rings is 1. The second kappa shape index (κ2) is 6.84. The van der Waals surface area contributed by atoms with E-state index in [1.807, 2.05) is 30.0 Å². The summed E-state index contributed by atoms with van der Waals surface area (Å²) in [4.78, 5) is 20.1. The van der Waals surface area contributed by atoms with Gasteiger partial charge in [0.05, 0.1) is 17.3 Å². The number of nitrogens with zero attached hydrogens (tertiary/aromatic N) is 5. The molecule has 0 radical (unpaired) electrons. The molecule has 8 nitrogen and oxygen atoms in total. The molecule has 2 N–H and O–H groups in total. The van der Waals surface area contributed by atoms with E-state index in [2.05, 4.69) is 37.5 Å². The molecule has 0 bridgehead atoms. The molecular weight excluding hydrogens is 374 g/mol.